The fraction of sp³-hybridized carbons (Fsp3) is 0.0690. The van der Waals surface area contributed by atoms with E-state index < -0.39 is 5.97 Å². The lowest BCUT2D eigenvalue weighted by molar-refractivity contribution is -0.122. The Bertz CT molecular complexity index is 1440. The molecule has 0 bridgehead atoms. The standard InChI is InChI=1S/C29H21NO3S2/c31-27-26(35-29(34)30(27)18-17-20-7-2-1-3-8-20)19-21-13-15-23(16-14-21)33-28(32)25-12-6-10-22-9-4-5-11-24(22)25/h1-16,19H,17-18H2. The average molecular weight is 496 g/mol. The summed E-state index contributed by atoms with van der Waals surface area (Å²) in [4.78, 5) is 27.9. The monoisotopic (exact) mass is 495 g/mol. The summed E-state index contributed by atoms with van der Waals surface area (Å²) in [5.74, 6) is -0.0493. The highest BCUT2D eigenvalue weighted by atomic mass is 32.2. The largest absolute Gasteiger partial charge is 0.423 e. The van der Waals surface area contributed by atoms with Crippen LogP contribution in [0.4, 0.5) is 0 Å². The summed E-state index contributed by atoms with van der Waals surface area (Å²) in [6.07, 6.45) is 2.56. The Morgan fingerprint density at radius 2 is 1.60 bits per heavy atom. The topological polar surface area (TPSA) is 46.6 Å². The van der Waals surface area contributed by atoms with Crippen LogP contribution in [0.3, 0.4) is 0 Å². The van der Waals surface area contributed by atoms with Crippen molar-refractivity contribution in [1.29, 1.82) is 0 Å². The summed E-state index contributed by atoms with van der Waals surface area (Å²) in [6, 6.07) is 30.4. The van der Waals surface area contributed by atoms with Crippen molar-refractivity contribution < 1.29 is 14.3 Å². The van der Waals surface area contributed by atoms with Crippen molar-refractivity contribution in [3.05, 3.63) is 119 Å². The van der Waals surface area contributed by atoms with Crippen LogP contribution in [0, 0.1) is 0 Å². The van der Waals surface area contributed by atoms with Gasteiger partial charge in [-0.15, -0.1) is 0 Å². The second-order valence-electron chi connectivity index (χ2n) is 8.05. The van der Waals surface area contributed by atoms with Gasteiger partial charge in [-0.1, -0.05) is 103 Å². The van der Waals surface area contributed by atoms with Crippen LogP contribution in [-0.2, 0) is 11.2 Å². The third-order valence-corrected chi connectivity index (χ3v) is 7.12. The highest BCUT2D eigenvalue weighted by Gasteiger charge is 2.31. The van der Waals surface area contributed by atoms with E-state index in [0.717, 1.165) is 22.8 Å². The molecule has 1 aliphatic heterocycles. The summed E-state index contributed by atoms with van der Waals surface area (Å²) in [5, 5.41) is 1.84. The fourth-order valence-corrected chi connectivity index (χ4v) is 5.24. The van der Waals surface area contributed by atoms with Crippen molar-refractivity contribution in [2.75, 3.05) is 6.54 Å². The maximum absolute atomic E-state index is 12.9. The van der Waals surface area contributed by atoms with E-state index in [4.69, 9.17) is 17.0 Å². The molecule has 0 spiro atoms. The number of thiocarbonyl (C=S) groups is 1. The summed E-state index contributed by atoms with van der Waals surface area (Å²) < 4.78 is 6.17. The van der Waals surface area contributed by atoms with E-state index in [1.165, 1.54) is 17.3 Å². The minimum Gasteiger partial charge on any atom is -0.423 e. The molecule has 0 aromatic heterocycles. The van der Waals surface area contributed by atoms with Gasteiger partial charge >= 0.3 is 5.97 Å². The predicted octanol–water partition coefficient (Wildman–Crippen LogP) is 6.50. The first-order valence-corrected chi connectivity index (χ1v) is 12.4. The van der Waals surface area contributed by atoms with Gasteiger partial charge in [0.05, 0.1) is 10.5 Å². The van der Waals surface area contributed by atoms with Gasteiger partial charge in [0.15, 0.2) is 0 Å². The van der Waals surface area contributed by atoms with Gasteiger partial charge in [-0.2, -0.15) is 0 Å². The van der Waals surface area contributed by atoms with Crippen LogP contribution in [0.15, 0.2) is 102 Å². The zero-order chi connectivity index (χ0) is 24.2. The molecule has 4 aromatic rings. The van der Waals surface area contributed by atoms with Gasteiger partial charge in [0.25, 0.3) is 5.91 Å². The van der Waals surface area contributed by atoms with Crippen LogP contribution in [0.25, 0.3) is 16.8 Å². The molecule has 5 rings (SSSR count). The summed E-state index contributed by atoms with van der Waals surface area (Å²) >= 11 is 6.75. The first-order valence-electron chi connectivity index (χ1n) is 11.2. The number of thioether (sulfide) groups is 1. The molecule has 6 heteroatoms. The van der Waals surface area contributed by atoms with Crippen LogP contribution >= 0.6 is 24.0 Å². The SMILES string of the molecule is O=C(Oc1ccc(C=C2SC(=S)N(CCc3ccccc3)C2=O)cc1)c1cccc2ccccc12. The minimum absolute atomic E-state index is 0.0811. The number of hydrogen-bond acceptors (Lipinski definition) is 5. The number of amides is 1. The number of benzene rings is 4. The Morgan fingerprint density at radius 1 is 0.886 bits per heavy atom. The minimum atomic E-state index is -0.408. The molecule has 0 atom stereocenters. The van der Waals surface area contributed by atoms with Crippen LogP contribution in [0.2, 0.25) is 0 Å². The van der Waals surface area contributed by atoms with Crippen LogP contribution in [0.1, 0.15) is 21.5 Å². The van der Waals surface area contributed by atoms with Gasteiger partial charge in [-0.25, -0.2) is 4.79 Å². The molecule has 172 valence electrons. The molecule has 1 heterocycles. The lowest BCUT2D eigenvalue weighted by Crippen LogP contribution is -2.30. The Kier molecular flexibility index (Phi) is 6.75. The van der Waals surface area contributed by atoms with Crippen molar-refractivity contribution in [3.8, 4) is 5.75 Å². The highest BCUT2D eigenvalue weighted by molar-refractivity contribution is 8.26. The van der Waals surface area contributed by atoms with Gasteiger partial charge in [-0.3, -0.25) is 9.69 Å². The summed E-state index contributed by atoms with van der Waals surface area (Å²) in [6.45, 7) is 0.551. The lowest BCUT2D eigenvalue weighted by Gasteiger charge is -2.14. The third kappa shape index (κ3) is 5.19. The number of carbonyl (C=O) groups is 2. The molecule has 0 aliphatic carbocycles. The van der Waals surface area contributed by atoms with E-state index in [2.05, 4.69) is 0 Å². The van der Waals surface area contributed by atoms with E-state index in [9.17, 15) is 9.59 Å². The van der Waals surface area contributed by atoms with Gasteiger partial charge in [0, 0.05) is 6.54 Å². The molecule has 0 N–H and O–H groups in total. The van der Waals surface area contributed by atoms with Crippen molar-refractivity contribution in [3.63, 3.8) is 0 Å². The number of ether oxygens (including phenoxy) is 1. The fourth-order valence-electron chi connectivity index (χ4n) is 3.93. The molecular formula is C29H21NO3S2. The molecule has 4 aromatic carbocycles. The second kappa shape index (κ2) is 10.3. The van der Waals surface area contributed by atoms with E-state index in [0.29, 0.717) is 27.1 Å². The maximum atomic E-state index is 12.9. The third-order valence-electron chi connectivity index (χ3n) is 5.74. The lowest BCUT2D eigenvalue weighted by atomic mass is 10.0. The molecule has 0 unspecified atom stereocenters. The van der Waals surface area contributed by atoms with E-state index in [1.807, 2.05) is 84.9 Å². The van der Waals surface area contributed by atoms with E-state index in [1.54, 1.807) is 23.1 Å². The maximum Gasteiger partial charge on any atom is 0.344 e. The zero-order valence-corrected chi connectivity index (χ0v) is 20.4. The van der Waals surface area contributed by atoms with Crippen LogP contribution < -0.4 is 4.74 Å². The zero-order valence-electron chi connectivity index (χ0n) is 18.7. The van der Waals surface area contributed by atoms with Crippen molar-refractivity contribution >= 4 is 57.0 Å². The highest BCUT2D eigenvalue weighted by Crippen LogP contribution is 2.33. The average Bonchev–Trinajstić information content (AvgIpc) is 3.15. The summed E-state index contributed by atoms with van der Waals surface area (Å²) in [5.41, 5.74) is 2.52. The molecule has 0 saturated carbocycles. The first kappa shape index (κ1) is 23.0. The normalized spacial score (nSPS) is 14.6. The molecule has 35 heavy (non-hydrogen) atoms. The molecule has 0 radical (unpaired) electrons. The Hall–Kier alpha value is -3.74. The number of fused-ring (bicyclic) bond motifs is 1. The number of carbonyl (C=O) groups excluding carboxylic acids is 2. The van der Waals surface area contributed by atoms with Gasteiger partial charge in [-0.05, 0) is 52.6 Å². The van der Waals surface area contributed by atoms with Gasteiger partial charge in [0.2, 0.25) is 0 Å². The Labute approximate surface area is 213 Å². The van der Waals surface area contributed by atoms with Gasteiger partial charge < -0.3 is 4.74 Å². The van der Waals surface area contributed by atoms with E-state index >= 15 is 0 Å². The van der Waals surface area contributed by atoms with Crippen LogP contribution in [0.5, 0.6) is 5.75 Å². The van der Waals surface area contributed by atoms with Crippen molar-refractivity contribution in [2.45, 2.75) is 6.42 Å². The van der Waals surface area contributed by atoms with Crippen LogP contribution in [-0.4, -0.2) is 27.6 Å². The molecule has 1 amide bonds. The number of nitrogens with zero attached hydrogens (tertiary/aromatic N) is 1. The van der Waals surface area contributed by atoms with Crippen molar-refractivity contribution in [1.82, 2.24) is 4.90 Å². The Balaban J connectivity index is 1.25. The molecule has 1 saturated heterocycles. The second-order valence-corrected chi connectivity index (χ2v) is 9.73. The number of hydrogen-bond donors (Lipinski definition) is 0. The molecule has 1 aliphatic rings. The molecule has 4 nitrogen and oxygen atoms in total. The number of esters is 1. The smallest absolute Gasteiger partial charge is 0.344 e. The Morgan fingerprint density at radius 3 is 2.40 bits per heavy atom. The van der Waals surface area contributed by atoms with Gasteiger partial charge in [0.1, 0.15) is 10.1 Å². The molecule has 1 fully saturated rings. The van der Waals surface area contributed by atoms with Crippen molar-refractivity contribution in [2.24, 2.45) is 0 Å². The summed E-state index contributed by atoms with van der Waals surface area (Å²) in [7, 11) is 0. The number of rotatable bonds is 6. The molecular weight excluding hydrogens is 474 g/mol. The predicted molar refractivity (Wildman–Crippen MR) is 145 cm³/mol. The first-order chi connectivity index (χ1) is 17.1. The van der Waals surface area contributed by atoms with E-state index in [-0.39, 0.29) is 5.91 Å². The quantitative estimate of drug-likeness (QED) is 0.132.